The van der Waals surface area contributed by atoms with Crippen LogP contribution in [-0.4, -0.2) is 44.7 Å². The van der Waals surface area contributed by atoms with Crippen molar-refractivity contribution in [3.8, 4) is 10.4 Å². The largest absolute Gasteiger partial charge is 0.389 e. The van der Waals surface area contributed by atoms with Gasteiger partial charge in [-0.3, -0.25) is 14.2 Å². The number of hydrogen-bond donors (Lipinski definition) is 1. The number of carbonyl (C=O) groups is 1. The molecule has 4 heterocycles. The molecule has 1 aliphatic heterocycles. The van der Waals surface area contributed by atoms with Gasteiger partial charge in [0.1, 0.15) is 11.4 Å². The molecule has 0 aliphatic carbocycles. The van der Waals surface area contributed by atoms with Crippen molar-refractivity contribution < 1.29 is 9.90 Å². The van der Waals surface area contributed by atoms with Crippen molar-refractivity contribution in [3.05, 3.63) is 39.6 Å². The quantitative estimate of drug-likeness (QED) is 0.777. The van der Waals surface area contributed by atoms with E-state index in [1.165, 1.54) is 27.1 Å². The number of aromatic nitrogens is 2. The average Bonchev–Trinajstić information content (AvgIpc) is 3.15. The molecule has 8 heteroatoms. The number of carbonyl (C=O) groups excluding carboxylic acids is 1. The molecule has 1 fully saturated rings. The molecule has 4 rings (SSSR count). The first kappa shape index (κ1) is 14.6. The molecule has 1 aliphatic rings. The summed E-state index contributed by atoms with van der Waals surface area (Å²) >= 11 is 3.00. The van der Waals surface area contributed by atoms with Crippen molar-refractivity contribution in [1.82, 2.24) is 14.5 Å². The molecule has 23 heavy (non-hydrogen) atoms. The summed E-state index contributed by atoms with van der Waals surface area (Å²) in [5, 5.41) is 13.7. The molecule has 0 bridgehead atoms. The number of aliphatic hydroxyl groups excluding tert-OH is 1. The Morgan fingerprint density at radius 1 is 1.39 bits per heavy atom. The van der Waals surface area contributed by atoms with E-state index in [9.17, 15) is 14.7 Å². The smallest absolute Gasteiger partial charge is 0.263 e. The number of β-amino-alcohol motifs (C(OH)–C–C–N with tert-alkyl or cyclic N) is 1. The SMILES string of the molecule is O=C(Cn1cnc2scc(-c3cccs3)c2c1=O)N1CC(O)C1. The first-order chi connectivity index (χ1) is 11.1. The van der Waals surface area contributed by atoms with E-state index in [1.54, 1.807) is 11.3 Å². The van der Waals surface area contributed by atoms with Gasteiger partial charge in [-0.2, -0.15) is 0 Å². The van der Waals surface area contributed by atoms with E-state index in [1.807, 2.05) is 22.9 Å². The Balaban J connectivity index is 1.71. The number of thiophene rings is 2. The molecule has 0 atom stereocenters. The second kappa shape index (κ2) is 5.55. The Labute approximate surface area is 139 Å². The standard InChI is InChI=1S/C15H13N3O3S2/c19-9-4-17(5-9)12(20)6-18-8-16-14-13(15(18)21)10(7-23-14)11-2-1-3-22-11/h1-3,7-9,19H,4-6H2. The van der Waals surface area contributed by atoms with Crippen LogP contribution in [0.15, 0.2) is 34.0 Å². The molecule has 0 aromatic carbocycles. The molecule has 3 aromatic rings. The third-order valence-corrected chi connectivity index (χ3v) is 5.66. The van der Waals surface area contributed by atoms with Crippen molar-refractivity contribution in [2.24, 2.45) is 0 Å². The topological polar surface area (TPSA) is 75.4 Å². The van der Waals surface area contributed by atoms with E-state index >= 15 is 0 Å². The number of likely N-dealkylation sites (tertiary alicyclic amines) is 1. The van der Waals surface area contributed by atoms with Crippen LogP contribution < -0.4 is 5.56 Å². The van der Waals surface area contributed by atoms with Crippen LogP contribution in [0.3, 0.4) is 0 Å². The van der Waals surface area contributed by atoms with Crippen LogP contribution >= 0.6 is 22.7 Å². The number of nitrogens with zero attached hydrogens (tertiary/aromatic N) is 3. The maximum Gasteiger partial charge on any atom is 0.263 e. The van der Waals surface area contributed by atoms with Gasteiger partial charge in [-0.25, -0.2) is 4.98 Å². The van der Waals surface area contributed by atoms with E-state index in [4.69, 9.17) is 0 Å². The lowest BCUT2D eigenvalue weighted by Gasteiger charge is -2.35. The van der Waals surface area contributed by atoms with Gasteiger partial charge in [0, 0.05) is 28.9 Å². The van der Waals surface area contributed by atoms with E-state index in [0.717, 1.165) is 10.4 Å². The number of fused-ring (bicyclic) bond motifs is 1. The lowest BCUT2D eigenvalue weighted by atomic mass is 10.1. The second-order valence-electron chi connectivity index (χ2n) is 5.44. The highest BCUT2D eigenvalue weighted by Gasteiger charge is 2.29. The van der Waals surface area contributed by atoms with Gasteiger partial charge in [-0.15, -0.1) is 22.7 Å². The summed E-state index contributed by atoms with van der Waals surface area (Å²) in [7, 11) is 0. The van der Waals surface area contributed by atoms with Gasteiger partial charge in [-0.05, 0) is 11.4 Å². The Hall–Kier alpha value is -2.03. The van der Waals surface area contributed by atoms with Gasteiger partial charge >= 0.3 is 0 Å². The summed E-state index contributed by atoms with van der Waals surface area (Å²) in [6.07, 6.45) is 0.978. The van der Waals surface area contributed by atoms with Gasteiger partial charge in [0.05, 0.1) is 17.8 Å². The summed E-state index contributed by atoms with van der Waals surface area (Å²) in [6.45, 7) is 0.624. The molecule has 6 nitrogen and oxygen atoms in total. The zero-order valence-corrected chi connectivity index (χ0v) is 13.6. The molecule has 3 aromatic heterocycles. The Kier molecular flexibility index (Phi) is 3.51. The first-order valence-corrected chi connectivity index (χ1v) is 8.86. The van der Waals surface area contributed by atoms with E-state index in [-0.39, 0.29) is 18.0 Å². The highest BCUT2D eigenvalue weighted by atomic mass is 32.1. The van der Waals surface area contributed by atoms with Crippen LogP contribution in [0.2, 0.25) is 0 Å². The molecule has 0 unspecified atom stereocenters. The van der Waals surface area contributed by atoms with Crippen molar-refractivity contribution in [1.29, 1.82) is 0 Å². The van der Waals surface area contributed by atoms with Crippen LogP contribution in [0.4, 0.5) is 0 Å². The van der Waals surface area contributed by atoms with Crippen LogP contribution in [-0.2, 0) is 11.3 Å². The van der Waals surface area contributed by atoms with Crippen LogP contribution in [0, 0.1) is 0 Å². The summed E-state index contributed by atoms with van der Waals surface area (Å²) in [5.74, 6) is -0.175. The van der Waals surface area contributed by atoms with Gasteiger partial charge < -0.3 is 10.0 Å². The Morgan fingerprint density at radius 2 is 2.22 bits per heavy atom. The second-order valence-corrected chi connectivity index (χ2v) is 7.24. The number of aliphatic hydroxyl groups is 1. The molecular weight excluding hydrogens is 334 g/mol. The summed E-state index contributed by atoms with van der Waals surface area (Å²) in [5.41, 5.74) is 0.674. The molecule has 1 N–H and O–H groups in total. The summed E-state index contributed by atoms with van der Waals surface area (Å²) in [4.78, 5) is 32.4. The van der Waals surface area contributed by atoms with Crippen LogP contribution in [0.1, 0.15) is 0 Å². The van der Waals surface area contributed by atoms with E-state index < -0.39 is 6.10 Å². The minimum Gasteiger partial charge on any atom is -0.389 e. The predicted molar refractivity (Wildman–Crippen MR) is 89.8 cm³/mol. The van der Waals surface area contributed by atoms with Gasteiger partial charge in [-0.1, -0.05) is 6.07 Å². The van der Waals surface area contributed by atoms with Crippen molar-refractivity contribution in [2.75, 3.05) is 13.1 Å². The fraction of sp³-hybridized carbons (Fsp3) is 0.267. The van der Waals surface area contributed by atoms with Crippen LogP contribution in [0.25, 0.3) is 20.7 Å². The average molecular weight is 347 g/mol. The Morgan fingerprint density at radius 3 is 2.91 bits per heavy atom. The van der Waals surface area contributed by atoms with E-state index in [2.05, 4.69) is 4.98 Å². The lowest BCUT2D eigenvalue weighted by molar-refractivity contribution is -0.141. The minimum absolute atomic E-state index is 0.0474. The normalized spacial score (nSPS) is 15.1. The lowest BCUT2D eigenvalue weighted by Crippen LogP contribution is -2.54. The maximum atomic E-state index is 12.7. The summed E-state index contributed by atoms with van der Waals surface area (Å²) < 4.78 is 1.35. The Bertz CT molecular complexity index is 923. The summed E-state index contributed by atoms with van der Waals surface area (Å²) in [6, 6.07) is 3.91. The van der Waals surface area contributed by atoms with Gasteiger partial charge in [0.25, 0.3) is 5.56 Å². The molecule has 0 radical (unpaired) electrons. The van der Waals surface area contributed by atoms with Gasteiger partial charge in [0.15, 0.2) is 0 Å². The first-order valence-electron chi connectivity index (χ1n) is 7.10. The zero-order chi connectivity index (χ0) is 16.0. The van der Waals surface area contributed by atoms with E-state index in [0.29, 0.717) is 23.3 Å². The minimum atomic E-state index is -0.446. The van der Waals surface area contributed by atoms with Crippen LogP contribution in [0.5, 0.6) is 0 Å². The highest BCUT2D eigenvalue weighted by Crippen LogP contribution is 2.33. The molecular formula is C15H13N3O3S2. The van der Waals surface area contributed by atoms with Crippen molar-refractivity contribution in [2.45, 2.75) is 12.6 Å². The predicted octanol–water partition coefficient (Wildman–Crippen LogP) is 1.39. The fourth-order valence-electron chi connectivity index (χ4n) is 2.60. The van der Waals surface area contributed by atoms with Crippen molar-refractivity contribution >= 4 is 38.8 Å². The molecule has 118 valence electrons. The van der Waals surface area contributed by atoms with Crippen molar-refractivity contribution in [3.63, 3.8) is 0 Å². The maximum absolute atomic E-state index is 12.7. The molecule has 1 saturated heterocycles. The number of amides is 1. The zero-order valence-electron chi connectivity index (χ0n) is 12.0. The highest BCUT2D eigenvalue weighted by molar-refractivity contribution is 7.18. The monoisotopic (exact) mass is 347 g/mol. The third-order valence-electron chi connectivity index (χ3n) is 3.87. The molecule has 0 saturated carbocycles. The number of hydrogen-bond acceptors (Lipinski definition) is 6. The third kappa shape index (κ3) is 2.48. The fourth-order valence-corrected chi connectivity index (χ4v) is 4.32. The molecule has 1 amide bonds. The molecule has 0 spiro atoms. The number of rotatable bonds is 3. The van der Waals surface area contributed by atoms with Gasteiger partial charge in [0.2, 0.25) is 5.91 Å².